The highest BCUT2D eigenvalue weighted by Crippen LogP contribution is 2.12. The Balaban J connectivity index is 2.18. The van der Waals surface area contributed by atoms with Crippen molar-refractivity contribution < 1.29 is 4.79 Å². The number of allylic oxidation sites excluding steroid dienone is 2. The van der Waals surface area contributed by atoms with Gasteiger partial charge < -0.3 is 0 Å². The Kier molecular flexibility index (Phi) is 8.99. The van der Waals surface area contributed by atoms with Crippen LogP contribution >= 0.6 is 0 Å². The Bertz CT molecular complexity index is 218. The van der Waals surface area contributed by atoms with Gasteiger partial charge in [-0.2, -0.15) is 0 Å². The molecule has 0 unspecified atom stereocenters. The van der Waals surface area contributed by atoms with Gasteiger partial charge in [0.1, 0.15) is 5.78 Å². The van der Waals surface area contributed by atoms with E-state index in [2.05, 4.69) is 12.2 Å². The van der Waals surface area contributed by atoms with E-state index >= 15 is 0 Å². The van der Waals surface area contributed by atoms with Crippen LogP contribution in [-0.2, 0) is 4.79 Å². The first-order valence-electron chi connectivity index (χ1n) is 7.56. The van der Waals surface area contributed by atoms with Gasteiger partial charge in [0.15, 0.2) is 0 Å². The zero-order chi connectivity index (χ0) is 12.2. The summed E-state index contributed by atoms with van der Waals surface area (Å²) in [6.45, 7) is 0. The van der Waals surface area contributed by atoms with Gasteiger partial charge in [0.05, 0.1) is 0 Å². The van der Waals surface area contributed by atoms with E-state index < -0.39 is 0 Å². The second kappa shape index (κ2) is 10.6. The van der Waals surface area contributed by atoms with Crippen LogP contribution in [0.2, 0.25) is 0 Å². The van der Waals surface area contributed by atoms with Crippen molar-refractivity contribution in [2.24, 2.45) is 0 Å². The molecule has 0 heterocycles. The molecule has 1 nitrogen and oxygen atoms in total. The Labute approximate surface area is 107 Å². The SMILES string of the molecule is O=C1CCCCC/C=C/CCCCCCCC1. The molecule has 98 valence electrons. The number of carbonyl (C=O) groups excluding carboxylic acids is 1. The van der Waals surface area contributed by atoms with E-state index in [9.17, 15) is 4.79 Å². The number of carbonyl (C=O) groups is 1. The summed E-state index contributed by atoms with van der Waals surface area (Å²) in [4.78, 5) is 11.6. The van der Waals surface area contributed by atoms with Crippen molar-refractivity contribution in [1.82, 2.24) is 0 Å². The van der Waals surface area contributed by atoms with Gasteiger partial charge in [-0.15, -0.1) is 0 Å². The first-order chi connectivity index (χ1) is 8.39. The van der Waals surface area contributed by atoms with E-state index in [0.29, 0.717) is 5.78 Å². The summed E-state index contributed by atoms with van der Waals surface area (Å²) in [5, 5.41) is 0. The molecule has 0 aliphatic heterocycles. The smallest absolute Gasteiger partial charge is 0.132 e. The molecule has 0 N–H and O–H groups in total. The van der Waals surface area contributed by atoms with Crippen molar-refractivity contribution in [2.75, 3.05) is 0 Å². The molecule has 1 aliphatic carbocycles. The molecule has 17 heavy (non-hydrogen) atoms. The van der Waals surface area contributed by atoms with Gasteiger partial charge >= 0.3 is 0 Å². The first-order valence-corrected chi connectivity index (χ1v) is 7.56. The van der Waals surface area contributed by atoms with Gasteiger partial charge in [0.25, 0.3) is 0 Å². The van der Waals surface area contributed by atoms with E-state index in [-0.39, 0.29) is 0 Å². The Morgan fingerprint density at radius 2 is 1.00 bits per heavy atom. The zero-order valence-electron chi connectivity index (χ0n) is 11.3. The molecular weight excluding hydrogens is 208 g/mol. The van der Waals surface area contributed by atoms with E-state index in [0.717, 1.165) is 25.7 Å². The fourth-order valence-corrected chi connectivity index (χ4v) is 2.41. The summed E-state index contributed by atoms with van der Waals surface area (Å²) in [5.74, 6) is 0.493. The number of ketones is 1. The van der Waals surface area contributed by atoms with Crippen LogP contribution in [0.15, 0.2) is 12.2 Å². The van der Waals surface area contributed by atoms with Crippen LogP contribution in [-0.4, -0.2) is 5.78 Å². The Hall–Kier alpha value is -0.590. The number of rotatable bonds is 0. The average Bonchev–Trinajstić information content (AvgIpc) is 2.32. The van der Waals surface area contributed by atoms with E-state index in [4.69, 9.17) is 0 Å². The maximum absolute atomic E-state index is 11.6. The van der Waals surface area contributed by atoms with Crippen molar-refractivity contribution in [2.45, 2.75) is 83.5 Å². The average molecular weight is 236 g/mol. The number of hydrogen-bond acceptors (Lipinski definition) is 1. The molecule has 1 aliphatic rings. The molecular formula is C16H28O. The summed E-state index contributed by atoms with van der Waals surface area (Å²) in [6, 6.07) is 0. The summed E-state index contributed by atoms with van der Waals surface area (Å²) in [5.41, 5.74) is 0. The molecule has 0 radical (unpaired) electrons. The molecule has 0 aromatic carbocycles. The molecule has 0 spiro atoms. The summed E-state index contributed by atoms with van der Waals surface area (Å²) in [6.07, 6.45) is 20.1. The lowest BCUT2D eigenvalue weighted by Crippen LogP contribution is -1.97. The van der Waals surface area contributed by atoms with E-state index in [1.54, 1.807) is 0 Å². The lowest BCUT2D eigenvalue weighted by molar-refractivity contribution is -0.119. The fourth-order valence-electron chi connectivity index (χ4n) is 2.41. The maximum Gasteiger partial charge on any atom is 0.132 e. The predicted molar refractivity (Wildman–Crippen MR) is 74.2 cm³/mol. The molecule has 0 amide bonds. The number of Topliss-reactive ketones (excluding diaryl/α,β-unsaturated/α-hetero) is 1. The molecule has 0 aromatic rings. The van der Waals surface area contributed by atoms with Crippen LogP contribution in [0.3, 0.4) is 0 Å². The standard InChI is InChI=1S/C16H28O/c17-16-14-12-10-8-6-4-2-1-3-5-7-9-11-13-15-16/h2,4H,1,3,5-15H2/b4-2+. The van der Waals surface area contributed by atoms with Gasteiger partial charge in [-0.05, 0) is 38.5 Å². The quantitative estimate of drug-likeness (QED) is 0.528. The molecule has 0 saturated carbocycles. The monoisotopic (exact) mass is 236 g/mol. The molecule has 0 atom stereocenters. The maximum atomic E-state index is 11.6. The third kappa shape index (κ3) is 9.14. The minimum atomic E-state index is 0.493. The predicted octanol–water partition coefficient (Wildman–Crippen LogP) is 5.20. The van der Waals surface area contributed by atoms with Crippen LogP contribution in [0.1, 0.15) is 83.5 Å². The van der Waals surface area contributed by atoms with Crippen LogP contribution in [0, 0.1) is 0 Å². The lowest BCUT2D eigenvalue weighted by Gasteiger charge is -2.03. The third-order valence-corrected chi connectivity index (χ3v) is 3.57. The molecule has 0 saturated heterocycles. The minimum Gasteiger partial charge on any atom is -0.300 e. The Morgan fingerprint density at radius 3 is 1.59 bits per heavy atom. The lowest BCUT2D eigenvalue weighted by atomic mass is 10.0. The van der Waals surface area contributed by atoms with Crippen molar-refractivity contribution in [3.63, 3.8) is 0 Å². The molecule has 0 bridgehead atoms. The second-order valence-electron chi connectivity index (χ2n) is 5.27. The van der Waals surface area contributed by atoms with Crippen molar-refractivity contribution >= 4 is 5.78 Å². The summed E-state index contributed by atoms with van der Waals surface area (Å²) in [7, 11) is 0. The zero-order valence-corrected chi connectivity index (χ0v) is 11.3. The molecule has 0 aromatic heterocycles. The van der Waals surface area contributed by atoms with E-state index in [1.807, 2.05) is 0 Å². The first kappa shape index (κ1) is 14.5. The van der Waals surface area contributed by atoms with Gasteiger partial charge in [-0.1, -0.05) is 44.3 Å². The van der Waals surface area contributed by atoms with Crippen molar-refractivity contribution in [3.8, 4) is 0 Å². The van der Waals surface area contributed by atoms with Crippen molar-refractivity contribution in [1.29, 1.82) is 0 Å². The van der Waals surface area contributed by atoms with Crippen molar-refractivity contribution in [3.05, 3.63) is 12.2 Å². The van der Waals surface area contributed by atoms with Gasteiger partial charge in [-0.3, -0.25) is 4.79 Å². The molecule has 1 heteroatoms. The van der Waals surface area contributed by atoms with Crippen LogP contribution < -0.4 is 0 Å². The highest BCUT2D eigenvalue weighted by Gasteiger charge is 2.01. The van der Waals surface area contributed by atoms with Gasteiger partial charge in [0, 0.05) is 12.8 Å². The minimum absolute atomic E-state index is 0.493. The van der Waals surface area contributed by atoms with Crippen LogP contribution in [0.25, 0.3) is 0 Å². The normalized spacial score (nSPS) is 24.4. The van der Waals surface area contributed by atoms with Crippen LogP contribution in [0.4, 0.5) is 0 Å². The molecule has 1 rings (SSSR count). The number of hydrogen-bond donors (Lipinski definition) is 0. The summed E-state index contributed by atoms with van der Waals surface area (Å²) >= 11 is 0. The van der Waals surface area contributed by atoms with Crippen LogP contribution in [0.5, 0.6) is 0 Å². The highest BCUT2D eigenvalue weighted by atomic mass is 16.1. The van der Waals surface area contributed by atoms with E-state index in [1.165, 1.54) is 57.8 Å². The highest BCUT2D eigenvalue weighted by molar-refractivity contribution is 5.78. The largest absolute Gasteiger partial charge is 0.300 e. The second-order valence-corrected chi connectivity index (χ2v) is 5.27. The van der Waals surface area contributed by atoms with Gasteiger partial charge in [0.2, 0.25) is 0 Å². The third-order valence-electron chi connectivity index (χ3n) is 3.57. The topological polar surface area (TPSA) is 17.1 Å². The van der Waals surface area contributed by atoms with Gasteiger partial charge in [-0.25, -0.2) is 0 Å². The molecule has 0 fully saturated rings. The Morgan fingerprint density at radius 1 is 0.588 bits per heavy atom. The summed E-state index contributed by atoms with van der Waals surface area (Å²) < 4.78 is 0. The fraction of sp³-hybridized carbons (Fsp3) is 0.812.